The van der Waals surface area contributed by atoms with Gasteiger partial charge in [0.1, 0.15) is 6.61 Å². The third kappa shape index (κ3) is 4.16. The molecular formula is C21H22N4O4. The van der Waals surface area contributed by atoms with Crippen molar-refractivity contribution < 1.29 is 19.1 Å². The molecule has 0 unspecified atom stereocenters. The molecular weight excluding hydrogens is 372 g/mol. The predicted octanol–water partition coefficient (Wildman–Crippen LogP) is 2.44. The second-order valence-electron chi connectivity index (χ2n) is 6.86. The van der Waals surface area contributed by atoms with Crippen molar-refractivity contribution in [2.24, 2.45) is 5.92 Å². The average molecular weight is 394 g/mol. The largest absolute Gasteiger partial charge is 0.493 e. The number of ether oxygens (including phenoxy) is 2. The highest BCUT2D eigenvalue weighted by Gasteiger charge is 2.34. The number of likely N-dealkylation sites (tertiary alicyclic amines) is 1. The number of nitrogens with zero attached hydrogens (tertiary/aromatic N) is 2. The molecule has 4 rings (SSSR count). The summed E-state index contributed by atoms with van der Waals surface area (Å²) in [4.78, 5) is 33.7. The Morgan fingerprint density at radius 1 is 1.28 bits per heavy atom. The van der Waals surface area contributed by atoms with Crippen molar-refractivity contribution in [2.45, 2.75) is 6.42 Å². The van der Waals surface area contributed by atoms with E-state index >= 15 is 0 Å². The molecule has 1 fully saturated rings. The zero-order valence-corrected chi connectivity index (χ0v) is 16.1. The molecule has 1 aliphatic heterocycles. The fraction of sp³-hybridized carbons (Fsp3) is 0.286. The highest BCUT2D eigenvalue weighted by molar-refractivity contribution is 5.98. The molecule has 2 amide bonds. The molecule has 2 aromatic carbocycles. The van der Waals surface area contributed by atoms with Crippen LogP contribution in [0.5, 0.6) is 11.5 Å². The van der Waals surface area contributed by atoms with Crippen LogP contribution in [0.3, 0.4) is 0 Å². The molecule has 2 N–H and O–H groups in total. The molecule has 0 saturated carbocycles. The number of methoxy groups -OCH3 is 1. The summed E-state index contributed by atoms with van der Waals surface area (Å²) in [5.74, 6) is 0.686. The first kappa shape index (κ1) is 18.8. The molecule has 0 aliphatic carbocycles. The molecule has 2 heterocycles. The zero-order chi connectivity index (χ0) is 20.2. The molecule has 1 aromatic heterocycles. The topological polar surface area (TPSA) is 96.6 Å². The minimum Gasteiger partial charge on any atom is -0.493 e. The predicted molar refractivity (Wildman–Crippen MR) is 108 cm³/mol. The maximum absolute atomic E-state index is 12.6. The number of fused-ring (bicyclic) bond motifs is 1. The third-order valence-electron chi connectivity index (χ3n) is 4.96. The number of imidazole rings is 1. The number of carbonyl (C=O) groups excluding carboxylic acids is 2. The maximum Gasteiger partial charge on any atom is 0.229 e. The Morgan fingerprint density at radius 2 is 2.10 bits per heavy atom. The first-order chi connectivity index (χ1) is 14.1. The summed E-state index contributed by atoms with van der Waals surface area (Å²) in [7, 11) is 1.58. The van der Waals surface area contributed by atoms with Gasteiger partial charge in [0.05, 0.1) is 36.9 Å². The molecule has 29 heavy (non-hydrogen) atoms. The Labute approximate surface area is 167 Å². The molecule has 3 aromatic rings. The second-order valence-corrected chi connectivity index (χ2v) is 6.86. The van der Waals surface area contributed by atoms with Crippen LogP contribution in [0.1, 0.15) is 6.42 Å². The fourth-order valence-corrected chi connectivity index (χ4v) is 3.43. The average Bonchev–Trinajstić information content (AvgIpc) is 3.34. The van der Waals surface area contributed by atoms with E-state index in [0.717, 1.165) is 11.0 Å². The van der Waals surface area contributed by atoms with Crippen LogP contribution in [-0.4, -0.2) is 53.5 Å². The number of benzene rings is 2. The Hall–Kier alpha value is -3.55. The smallest absolute Gasteiger partial charge is 0.229 e. The normalized spacial score (nSPS) is 16.2. The first-order valence-corrected chi connectivity index (χ1v) is 9.41. The van der Waals surface area contributed by atoms with Gasteiger partial charge in [-0.3, -0.25) is 9.59 Å². The lowest BCUT2D eigenvalue weighted by Gasteiger charge is -2.17. The van der Waals surface area contributed by atoms with Gasteiger partial charge in [0.15, 0.2) is 11.5 Å². The van der Waals surface area contributed by atoms with Gasteiger partial charge in [-0.25, -0.2) is 4.98 Å². The number of aromatic nitrogens is 2. The van der Waals surface area contributed by atoms with Crippen molar-refractivity contribution >= 4 is 28.5 Å². The van der Waals surface area contributed by atoms with Gasteiger partial charge in [0, 0.05) is 18.7 Å². The molecule has 150 valence electrons. The van der Waals surface area contributed by atoms with Gasteiger partial charge in [-0.05, 0) is 30.3 Å². The summed E-state index contributed by atoms with van der Waals surface area (Å²) in [6, 6.07) is 12.8. The number of carbonyl (C=O) groups is 2. The number of anilines is 1. The van der Waals surface area contributed by atoms with Crippen molar-refractivity contribution in [1.82, 2.24) is 14.9 Å². The second kappa shape index (κ2) is 8.22. The van der Waals surface area contributed by atoms with E-state index in [9.17, 15) is 9.59 Å². The van der Waals surface area contributed by atoms with Crippen LogP contribution in [0.25, 0.3) is 11.0 Å². The van der Waals surface area contributed by atoms with Gasteiger partial charge in [-0.2, -0.15) is 0 Å². The Kier molecular flexibility index (Phi) is 5.33. The number of H-pyrrole nitrogens is 1. The highest BCUT2D eigenvalue weighted by Crippen LogP contribution is 2.26. The molecule has 0 spiro atoms. The van der Waals surface area contributed by atoms with Crippen LogP contribution < -0.4 is 14.8 Å². The number of nitrogens with one attached hydrogen (secondary N) is 2. The van der Waals surface area contributed by atoms with Gasteiger partial charge in [-0.15, -0.1) is 0 Å². The molecule has 0 bridgehead atoms. The molecule has 1 atom stereocenters. The Balaban J connectivity index is 1.30. The van der Waals surface area contributed by atoms with E-state index in [1.54, 1.807) is 24.4 Å². The molecule has 8 heteroatoms. The standard InChI is InChI=1S/C21H22N4O4/c1-28-18-4-2-3-5-19(18)29-9-8-25-12-14(10-20(25)26)21(27)24-15-6-7-16-17(11-15)23-13-22-16/h2-7,11,13-14H,8-10,12H2,1H3,(H,22,23)(H,24,27)/t14-/m1/s1. The van der Waals surface area contributed by atoms with E-state index in [0.29, 0.717) is 36.9 Å². The fourth-order valence-electron chi connectivity index (χ4n) is 3.43. The van der Waals surface area contributed by atoms with Crippen LogP contribution >= 0.6 is 0 Å². The number of hydrogen-bond donors (Lipinski definition) is 2. The van der Waals surface area contributed by atoms with Crippen molar-refractivity contribution in [3.8, 4) is 11.5 Å². The minimum atomic E-state index is -0.383. The summed E-state index contributed by atoms with van der Waals surface area (Å²) in [6.45, 7) is 1.13. The van der Waals surface area contributed by atoms with Crippen LogP contribution in [0.4, 0.5) is 5.69 Å². The number of aromatic amines is 1. The lowest BCUT2D eigenvalue weighted by molar-refractivity contribution is -0.128. The quantitative estimate of drug-likeness (QED) is 0.642. The van der Waals surface area contributed by atoms with Crippen molar-refractivity contribution in [2.75, 3.05) is 32.1 Å². The van der Waals surface area contributed by atoms with Crippen molar-refractivity contribution in [3.05, 3.63) is 48.8 Å². The zero-order valence-electron chi connectivity index (χ0n) is 16.1. The van der Waals surface area contributed by atoms with Gasteiger partial charge in [0.2, 0.25) is 11.8 Å². The van der Waals surface area contributed by atoms with E-state index < -0.39 is 0 Å². The van der Waals surface area contributed by atoms with Gasteiger partial charge in [-0.1, -0.05) is 12.1 Å². The lowest BCUT2D eigenvalue weighted by atomic mass is 10.1. The van der Waals surface area contributed by atoms with E-state index in [2.05, 4.69) is 15.3 Å². The highest BCUT2D eigenvalue weighted by atomic mass is 16.5. The van der Waals surface area contributed by atoms with E-state index in [1.807, 2.05) is 36.4 Å². The lowest BCUT2D eigenvalue weighted by Crippen LogP contribution is -2.31. The molecule has 1 aliphatic rings. The number of rotatable bonds is 7. The molecule has 8 nitrogen and oxygen atoms in total. The van der Waals surface area contributed by atoms with Crippen LogP contribution in [0.2, 0.25) is 0 Å². The molecule has 0 radical (unpaired) electrons. The SMILES string of the molecule is COc1ccccc1OCCN1C[C@H](C(=O)Nc2ccc3nc[nH]c3c2)CC1=O. The van der Waals surface area contributed by atoms with Crippen molar-refractivity contribution in [3.63, 3.8) is 0 Å². The first-order valence-electron chi connectivity index (χ1n) is 9.41. The number of para-hydroxylation sites is 2. The van der Waals surface area contributed by atoms with E-state index in [-0.39, 0.29) is 24.2 Å². The monoisotopic (exact) mass is 394 g/mol. The summed E-state index contributed by atoms with van der Waals surface area (Å²) in [5.41, 5.74) is 2.36. The third-order valence-corrected chi connectivity index (χ3v) is 4.96. The number of amides is 2. The summed E-state index contributed by atoms with van der Waals surface area (Å²) in [5, 5.41) is 2.89. The molecule has 1 saturated heterocycles. The number of hydrogen-bond acceptors (Lipinski definition) is 5. The van der Waals surface area contributed by atoms with Gasteiger partial charge in [0.25, 0.3) is 0 Å². The van der Waals surface area contributed by atoms with Crippen LogP contribution in [-0.2, 0) is 9.59 Å². The van der Waals surface area contributed by atoms with Gasteiger partial charge < -0.3 is 24.7 Å². The van der Waals surface area contributed by atoms with Crippen LogP contribution in [0, 0.1) is 5.92 Å². The van der Waals surface area contributed by atoms with Crippen LogP contribution in [0.15, 0.2) is 48.8 Å². The minimum absolute atomic E-state index is 0.0437. The summed E-state index contributed by atoms with van der Waals surface area (Å²) >= 11 is 0. The van der Waals surface area contributed by atoms with E-state index in [1.165, 1.54) is 0 Å². The Bertz CT molecular complexity index is 1030. The summed E-state index contributed by atoms with van der Waals surface area (Å²) < 4.78 is 11.0. The summed E-state index contributed by atoms with van der Waals surface area (Å²) in [6.07, 6.45) is 1.81. The maximum atomic E-state index is 12.6. The Morgan fingerprint density at radius 3 is 2.93 bits per heavy atom. The van der Waals surface area contributed by atoms with E-state index in [4.69, 9.17) is 9.47 Å². The van der Waals surface area contributed by atoms with Crippen molar-refractivity contribution in [1.29, 1.82) is 0 Å². The van der Waals surface area contributed by atoms with Gasteiger partial charge >= 0.3 is 0 Å².